The van der Waals surface area contributed by atoms with Crippen LogP contribution in [-0.2, 0) is 6.54 Å². The normalized spacial score (nSPS) is 10.4. The van der Waals surface area contributed by atoms with E-state index >= 15 is 0 Å². The van der Waals surface area contributed by atoms with Crippen LogP contribution in [0.2, 0.25) is 0 Å². The highest BCUT2D eigenvalue weighted by Gasteiger charge is 2.14. The molecule has 0 atom stereocenters. The molecule has 0 aliphatic rings. The molecule has 6 heteroatoms. The second kappa shape index (κ2) is 5.53. The fraction of sp³-hybridized carbons (Fsp3) is 0.231. The lowest BCUT2D eigenvalue weighted by atomic mass is 10.2. The Balaban J connectivity index is 2.19. The maximum Gasteiger partial charge on any atom is 0.198 e. The molecule has 4 N–H and O–H groups in total. The number of nitrogens with two attached hydrogens (primary N) is 2. The van der Waals surface area contributed by atoms with Crippen molar-refractivity contribution in [3.8, 4) is 5.75 Å². The summed E-state index contributed by atoms with van der Waals surface area (Å²) in [6.45, 7) is 0.449. The van der Waals surface area contributed by atoms with Crippen LogP contribution in [0.1, 0.15) is 16.1 Å². The van der Waals surface area contributed by atoms with Crippen molar-refractivity contribution in [3.05, 3.63) is 41.9 Å². The van der Waals surface area contributed by atoms with E-state index in [1.807, 2.05) is 24.3 Å². The third-order valence-corrected chi connectivity index (χ3v) is 2.84. The van der Waals surface area contributed by atoms with E-state index in [0.717, 1.165) is 11.3 Å². The molecule has 0 spiro atoms. The number of imidazole rings is 1. The van der Waals surface area contributed by atoms with Crippen LogP contribution in [0.4, 0.5) is 5.82 Å². The van der Waals surface area contributed by atoms with Gasteiger partial charge in [0.1, 0.15) is 17.3 Å². The van der Waals surface area contributed by atoms with Gasteiger partial charge in [0.15, 0.2) is 5.78 Å². The highest BCUT2D eigenvalue weighted by atomic mass is 16.5. The van der Waals surface area contributed by atoms with Crippen molar-refractivity contribution < 1.29 is 9.53 Å². The molecule has 100 valence electrons. The van der Waals surface area contributed by atoms with Crippen LogP contribution in [0.5, 0.6) is 5.75 Å². The molecule has 0 fully saturated rings. The van der Waals surface area contributed by atoms with Gasteiger partial charge in [-0.1, -0.05) is 12.1 Å². The molecule has 0 saturated heterocycles. The summed E-state index contributed by atoms with van der Waals surface area (Å²) in [6.07, 6.45) is 1.54. The molecule has 0 aliphatic carbocycles. The van der Waals surface area contributed by atoms with E-state index in [2.05, 4.69) is 4.98 Å². The minimum absolute atomic E-state index is 0.0935. The minimum atomic E-state index is -0.258. The maximum absolute atomic E-state index is 11.5. The molecule has 1 aromatic carbocycles. The van der Waals surface area contributed by atoms with E-state index in [-0.39, 0.29) is 18.0 Å². The van der Waals surface area contributed by atoms with Gasteiger partial charge in [-0.15, -0.1) is 0 Å². The van der Waals surface area contributed by atoms with Crippen molar-refractivity contribution in [2.75, 3.05) is 19.4 Å². The summed E-state index contributed by atoms with van der Waals surface area (Å²) in [6, 6.07) is 7.61. The average Bonchev–Trinajstić information content (AvgIpc) is 2.80. The fourth-order valence-electron chi connectivity index (χ4n) is 1.76. The van der Waals surface area contributed by atoms with Crippen LogP contribution in [0.15, 0.2) is 30.6 Å². The third kappa shape index (κ3) is 2.74. The van der Waals surface area contributed by atoms with Crippen molar-refractivity contribution in [2.45, 2.75) is 6.54 Å². The van der Waals surface area contributed by atoms with Crippen molar-refractivity contribution in [1.29, 1.82) is 0 Å². The van der Waals surface area contributed by atoms with Gasteiger partial charge in [0.2, 0.25) is 0 Å². The van der Waals surface area contributed by atoms with Crippen molar-refractivity contribution in [1.82, 2.24) is 9.55 Å². The maximum atomic E-state index is 11.5. The lowest BCUT2D eigenvalue weighted by molar-refractivity contribution is 0.0998. The van der Waals surface area contributed by atoms with Crippen LogP contribution in [0.25, 0.3) is 0 Å². The molecule has 19 heavy (non-hydrogen) atoms. The van der Waals surface area contributed by atoms with Gasteiger partial charge in [0, 0.05) is 0 Å². The lowest BCUT2D eigenvalue weighted by Gasteiger charge is -2.06. The number of nitrogens with zero attached hydrogens (tertiary/aromatic N) is 2. The number of Topliss-reactive ketones (excluding diaryl/α,β-unsaturated/α-hetero) is 1. The number of hydrogen-bond donors (Lipinski definition) is 2. The second-order valence-corrected chi connectivity index (χ2v) is 4.08. The zero-order valence-electron chi connectivity index (χ0n) is 10.7. The summed E-state index contributed by atoms with van der Waals surface area (Å²) in [4.78, 5) is 15.5. The van der Waals surface area contributed by atoms with Gasteiger partial charge < -0.3 is 20.8 Å². The number of carbonyl (C=O) groups excluding carboxylic acids is 1. The van der Waals surface area contributed by atoms with Crippen LogP contribution in [0.3, 0.4) is 0 Å². The van der Waals surface area contributed by atoms with E-state index in [4.69, 9.17) is 16.2 Å². The molecule has 0 aliphatic heterocycles. The predicted octanol–water partition coefficient (Wildman–Crippen LogP) is 0.664. The molecule has 6 nitrogen and oxygen atoms in total. The van der Waals surface area contributed by atoms with E-state index in [1.54, 1.807) is 18.0 Å². The summed E-state index contributed by atoms with van der Waals surface area (Å²) < 4.78 is 6.80. The topological polar surface area (TPSA) is 96.2 Å². The van der Waals surface area contributed by atoms with Crippen LogP contribution < -0.4 is 16.2 Å². The summed E-state index contributed by atoms with van der Waals surface area (Å²) in [5.74, 6) is 0.874. The molecule has 2 rings (SSSR count). The molecular formula is C13H16N4O2. The van der Waals surface area contributed by atoms with E-state index in [1.165, 1.54) is 0 Å². The van der Waals surface area contributed by atoms with E-state index < -0.39 is 0 Å². The monoisotopic (exact) mass is 260 g/mol. The SMILES string of the molecule is COc1ccc(Cn2cnc(C(=O)CN)c2N)cc1. The highest BCUT2D eigenvalue weighted by Crippen LogP contribution is 2.16. The Morgan fingerprint density at radius 2 is 2.05 bits per heavy atom. The van der Waals surface area contributed by atoms with E-state index in [0.29, 0.717) is 12.4 Å². The zero-order valence-corrected chi connectivity index (χ0v) is 10.7. The second-order valence-electron chi connectivity index (χ2n) is 4.08. The smallest absolute Gasteiger partial charge is 0.198 e. The molecule has 0 unspecified atom stereocenters. The van der Waals surface area contributed by atoms with Gasteiger partial charge in [-0.2, -0.15) is 0 Å². The number of aromatic nitrogens is 2. The van der Waals surface area contributed by atoms with Gasteiger partial charge in [-0.3, -0.25) is 4.79 Å². The number of nitrogen functional groups attached to an aromatic ring is 1. The molecule has 1 aromatic heterocycles. The van der Waals surface area contributed by atoms with E-state index in [9.17, 15) is 4.79 Å². The van der Waals surface area contributed by atoms with Gasteiger partial charge in [-0.25, -0.2) is 4.98 Å². The first kappa shape index (κ1) is 13.1. The van der Waals surface area contributed by atoms with Crippen LogP contribution in [-0.4, -0.2) is 29.0 Å². The van der Waals surface area contributed by atoms with Crippen molar-refractivity contribution in [3.63, 3.8) is 0 Å². The average molecular weight is 260 g/mol. The van der Waals surface area contributed by atoms with Gasteiger partial charge in [0.25, 0.3) is 0 Å². The predicted molar refractivity (Wildman–Crippen MR) is 72.1 cm³/mol. The summed E-state index contributed by atoms with van der Waals surface area (Å²) in [5.41, 5.74) is 12.5. The number of carbonyl (C=O) groups is 1. The molecule has 0 saturated carbocycles. The highest BCUT2D eigenvalue weighted by molar-refractivity contribution is 5.99. The summed E-state index contributed by atoms with van der Waals surface area (Å²) in [5, 5.41) is 0. The third-order valence-electron chi connectivity index (χ3n) is 2.84. The fourth-order valence-corrected chi connectivity index (χ4v) is 1.76. The Kier molecular flexibility index (Phi) is 3.82. The quantitative estimate of drug-likeness (QED) is 0.770. The molecule has 1 heterocycles. The number of methoxy groups -OCH3 is 1. The summed E-state index contributed by atoms with van der Waals surface area (Å²) >= 11 is 0. The van der Waals surface area contributed by atoms with Gasteiger partial charge in [0.05, 0.1) is 26.5 Å². The Hall–Kier alpha value is -2.34. The first-order valence-electron chi connectivity index (χ1n) is 5.82. The van der Waals surface area contributed by atoms with Crippen molar-refractivity contribution in [2.24, 2.45) is 5.73 Å². The Morgan fingerprint density at radius 3 is 2.63 bits per heavy atom. The van der Waals surface area contributed by atoms with Gasteiger partial charge >= 0.3 is 0 Å². The number of anilines is 1. The Labute approximate surface area is 111 Å². The largest absolute Gasteiger partial charge is 0.497 e. The van der Waals surface area contributed by atoms with Crippen LogP contribution in [0, 0.1) is 0 Å². The molecule has 2 aromatic rings. The molecule has 0 radical (unpaired) electrons. The van der Waals surface area contributed by atoms with Crippen molar-refractivity contribution >= 4 is 11.6 Å². The number of hydrogen-bond acceptors (Lipinski definition) is 5. The minimum Gasteiger partial charge on any atom is -0.497 e. The molecule has 0 bridgehead atoms. The molecule has 0 amide bonds. The molecular weight excluding hydrogens is 244 g/mol. The first-order valence-corrected chi connectivity index (χ1v) is 5.82. The standard InChI is InChI=1S/C13H16N4O2/c1-19-10-4-2-9(3-5-10)7-17-8-16-12(13(17)15)11(18)6-14/h2-5,8H,6-7,14-15H2,1H3. The van der Waals surface area contributed by atoms with Crippen LogP contribution >= 0.6 is 0 Å². The number of rotatable bonds is 5. The van der Waals surface area contributed by atoms with Gasteiger partial charge in [-0.05, 0) is 17.7 Å². The Bertz CT molecular complexity index is 575. The number of ether oxygens (including phenoxy) is 1. The zero-order chi connectivity index (χ0) is 13.8. The first-order chi connectivity index (χ1) is 9.15. The number of ketones is 1. The number of benzene rings is 1. The summed E-state index contributed by atoms with van der Waals surface area (Å²) in [7, 11) is 1.62. The lowest BCUT2D eigenvalue weighted by Crippen LogP contribution is -2.16. The Morgan fingerprint density at radius 1 is 1.37 bits per heavy atom.